The van der Waals surface area contributed by atoms with Crippen molar-refractivity contribution in [3.05, 3.63) is 70.6 Å². The Kier molecular flexibility index (Phi) is 4.08. The van der Waals surface area contributed by atoms with Gasteiger partial charge in [0.05, 0.1) is 13.2 Å². The van der Waals surface area contributed by atoms with E-state index in [4.69, 9.17) is 18.9 Å². The first kappa shape index (κ1) is 14.8. The second-order valence-electron chi connectivity index (χ2n) is 5.27. The first-order valence-corrected chi connectivity index (χ1v) is 8.20. The fraction of sp³-hybridized carbons (Fsp3) is 0.222. The lowest BCUT2D eigenvalue weighted by atomic mass is 9.98. The van der Waals surface area contributed by atoms with Gasteiger partial charge in [-0.05, 0) is 17.2 Å². The van der Waals surface area contributed by atoms with E-state index in [-0.39, 0.29) is 6.29 Å². The van der Waals surface area contributed by atoms with Crippen molar-refractivity contribution in [3.63, 3.8) is 0 Å². The summed E-state index contributed by atoms with van der Waals surface area (Å²) < 4.78 is 23.1. The molecular weight excluding hydrogens is 360 g/mol. The van der Waals surface area contributed by atoms with Crippen LogP contribution < -0.4 is 0 Å². The van der Waals surface area contributed by atoms with Gasteiger partial charge < -0.3 is 18.9 Å². The molecule has 118 valence electrons. The van der Waals surface area contributed by atoms with Gasteiger partial charge in [-0.1, -0.05) is 52.3 Å². The van der Waals surface area contributed by atoms with Gasteiger partial charge in [0, 0.05) is 15.6 Å². The minimum Gasteiger partial charge on any atom is -0.455 e. The van der Waals surface area contributed by atoms with Crippen LogP contribution in [0.4, 0.5) is 0 Å². The standard InChI is InChI=1S/C18H15BrO4/c19-16-11-12(5-6-15(16)18-22-9-10-23-18)13-3-1-2-4-14(13)17-20-7-8-21-17/h1-8,11,17-18H,9-10H2. The Hall–Kier alpha value is -1.82. The van der Waals surface area contributed by atoms with Crippen molar-refractivity contribution < 1.29 is 18.9 Å². The van der Waals surface area contributed by atoms with Crippen molar-refractivity contribution in [2.75, 3.05) is 13.2 Å². The Labute approximate surface area is 142 Å². The van der Waals surface area contributed by atoms with Crippen molar-refractivity contribution in [1.82, 2.24) is 0 Å². The number of halogens is 1. The third kappa shape index (κ3) is 2.87. The highest BCUT2D eigenvalue weighted by Gasteiger charge is 2.23. The highest BCUT2D eigenvalue weighted by atomic mass is 79.9. The van der Waals surface area contributed by atoms with Gasteiger partial charge in [0.15, 0.2) is 6.29 Å². The molecule has 4 nitrogen and oxygen atoms in total. The Morgan fingerprint density at radius 3 is 2.30 bits per heavy atom. The second kappa shape index (κ2) is 6.35. The molecule has 0 radical (unpaired) electrons. The largest absolute Gasteiger partial charge is 0.455 e. The summed E-state index contributed by atoms with van der Waals surface area (Å²) in [5, 5.41) is 0. The molecule has 0 N–H and O–H groups in total. The lowest BCUT2D eigenvalue weighted by Gasteiger charge is -2.17. The van der Waals surface area contributed by atoms with Crippen LogP contribution in [0.2, 0.25) is 0 Å². The molecule has 0 aliphatic carbocycles. The minimum absolute atomic E-state index is 0.292. The molecule has 0 saturated carbocycles. The molecular formula is C18H15BrO4. The van der Waals surface area contributed by atoms with Gasteiger partial charge in [0.1, 0.15) is 12.5 Å². The molecule has 0 spiro atoms. The van der Waals surface area contributed by atoms with Gasteiger partial charge in [0.2, 0.25) is 0 Å². The molecule has 0 bridgehead atoms. The second-order valence-corrected chi connectivity index (χ2v) is 6.13. The summed E-state index contributed by atoms with van der Waals surface area (Å²) in [5.74, 6) is 0. The number of ether oxygens (including phenoxy) is 4. The molecule has 2 aromatic carbocycles. The molecule has 2 aliphatic heterocycles. The quantitative estimate of drug-likeness (QED) is 0.781. The highest BCUT2D eigenvalue weighted by molar-refractivity contribution is 9.10. The summed E-state index contributed by atoms with van der Waals surface area (Å²) in [4.78, 5) is 0. The van der Waals surface area contributed by atoms with E-state index >= 15 is 0 Å². The van der Waals surface area contributed by atoms with Crippen molar-refractivity contribution in [2.45, 2.75) is 12.6 Å². The Balaban J connectivity index is 1.69. The van der Waals surface area contributed by atoms with Crippen LogP contribution in [-0.2, 0) is 18.9 Å². The average Bonchev–Trinajstić information content (AvgIpc) is 3.28. The Morgan fingerprint density at radius 2 is 1.57 bits per heavy atom. The Morgan fingerprint density at radius 1 is 0.826 bits per heavy atom. The van der Waals surface area contributed by atoms with Gasteiger partial charge in [-0.2, -0.15) is 0 Å². The SMILES string of the molecule is Brc1cc(-c2ccccc2C2OC=CO2)ccc1C1OCCO1. The molecule has 4 rings (SSSR count). The number of hydrogen-bond donors (Lipinski definition) is 0. The van der Waals surface area contributed by atoms with Gasteiger partial charge in [-0.15, -0.1) is 0 Å². The van der Waals surface area contributed by atoms with E-state index in [1.165, 1.54) is 0 Å². The van der Waals surface area contributed by atoms with E-state index < -0.39 is 6.29 Å². The van der Waals surface area contributed by atoms with E-state index in [0.717, 1.165) is 26.7 Å². The topological polar surface area (TPSA) is 36.9 Å². The van der Waals surface area contributed by atoms with E-state index in [1.54, 1.807) is 12.5 Å². The third-order valence-electron chi connectivity index (χ3n) is 3.86. The zero-order chi connectivity index (χ0) is 15.6. The highest BCUT2D eigenvalue weighted by Crippen LogP contribution is 2.37. The lowest BCUT2D eigenvalue weighted by Crippen LogP contribution is -2.02. The molecule has 0 aromatic heterocycles. The predicted octanol–water partition coefficient (Wildman–Crippen LogP) is 4.68. The molecule has 2 heterocycles. The first-order valence-electron chi connectivity index (χ1n) is 7.41. The predicted molar refractivity (Wildman–Crippen MR) is 88.3 cm³/mol. The molecule has 1 saturated heterocycles. The normalized spacial score (nSPS) is 18.1. The molecule has 5 heteroatoms. The van der Waals surface area contributed by atoms with Crippen LogP contribution in [0.15, 0.2) is 59.5 Å². The molecule has 1 fully saturated rings. The van der Waals surface area contributed by atoms with Crippen LogP contribution in [0.3, 0.4) is 0 Å². The summed E-state index contributed by atoms with van der Waals surface area (Å²) in [7, 11) is 0. The zero-order valence-corrected chi connectivity index (χ0v) is 13.9. The van der Waals surface area contributed by atoms with Gasteiger partial charge in [0.25, 0.3) is 6.29 Å². The zero-order valence-electron chi connectivity index (χ0n) is 12.3. The summed E-state index contributed by atoms with van der Waals surface area (Å²) in [5.41, 5.74) is 4.14. The Bertz CT molecular complexity index is 730. The van der Waals surface area contributed by atoms with Crippen LogP contribution in [0, 0.1) is 0 Å². The van der Waals surface area contributed by atoms with Crippen LogP contribution in [-0.4, -0.2) is 13.2 Å². The van der Waals surface area contributed by atoms with Crippen molar-refractivity contribution >= 4 is 15.9 Å². The third-order valence-corrected chi connectivity index (χ3v) is 4.55. The smallest absolute Gasteiger partial charge is 0.266 e. The van der Waals surface area contributed by atoms with Crippen molar-refractivity contribution in [2.24, 2.45) is 0 Å². The van der Waals surface area contributed by atoms with Crippen LogP contribution in [0.5, 0.6) is 0 Å². The molecule has 0 amide bonds. The molecule has 2 aliphatic rings. The van der Waals surface area contributed by atoms with Crippen LogP contribution in [0.1, 0.15) is 23.7 Å². The van der Waals surface area contributed by atoms with E-state index in [9.17, 15) is 0 Å². The fourth-order valence-corrected chi connectivity index (χ4v) is 3.34. The van der Waals surface area contributed by atoms with Gasteiger partial charge in [-0.3, -0.25) is 0 Å². The maximum atomic E-state index is 5.57. The average molecular weight is 375 g/mol. The fourth-order valence-electron chi connectivity index (χ4n) is 2.77. The van der Waals surface area contributed by atoms with Gasteiger partial charge >= 0.3 is 0 Å². The summed E-state index contributed by atoms with van der Waals surface area (Å²) in [6.07, 6.45) is 2.44. The van der Waals surface area contributed by atoms with E-state index in [2.05, 4.69) is 34.1 Å². The van der Waals surface area contributed by atoms with Crippen molar-refractivity contribution in [1.29, 1.82) is 0 Å². The maximum Gasteiger partial charge on any atom is 0.266 e. The van der Waals surface area contributed by atoms with Crippen LogP contribution >= 0.6 is 15.9 Å². The lowest BCUT2D eigenvalue weighted by molar-refractivity contribution is -0.0446. The van der Waals surface area contributed by atoms with E-state index in [0.29, 0.717) is 13.2 Å². The first-order chi connectivity index (χ1) is 11.3. The van der Waals surface area contributed by atoms with Gasteiger partial charge in [-0.25, -0.2) is 0 Å². The number of hydrogen-bond acceptors (Lipinski definition) is 4. The molecule has 0 atom stereocenters. The number of rotatable bonds is 3. The molecule has 2 aromatic rings. The summed E-state index contributed by atoms with van der Waals surface area (Å²) in [6, 6.07) is 14.2. The number of benzene rings is 2. The molecule has 0 unspecified atom stereocenters. The minimum atomic E-state index is -0.397. The maximum absolute atomic E-state index is 5.57. The van der Waals surface area contributed by atoms with Crippen molar-refractivity contribution in [3.8, 4) is 11.1 Å². The van der Waals surface area contributed by atoms with Crippen LogP contribution in [0.25, 0.3) is 11.1 Å². The summed E-state index contributed by atoms with van der Waals surface area (Å²) >= 11 is 3.63. The van der Waals surface area contributed by atoms with E-state index in [1.807, 2.05) is 24.3 Å². The molecule has 23 heavy (non-hydrogen) atoms. The monoisotopic (exact) mass is 374 g/mol. The summed E-state index contributed by atoms with van der Waals surface area (Å²) in [6.45, 7) is 1.26.